The largest absolute Gasteiger partial charge is 0.495 e. The van der Waals surface area contributed by atoms with Crippen LogP contribution in [0.15, 0.2) is 24.3 Å². The predicted octanol–water partition coefficient (Wildman–Crippen LogP) is 3.50. The second-order valence-electron chi connectivity index (χ2n) is 5.64. The van der Waals surface area contributed by atoms with Crippen molar-refractivity contribution < 1.29 is 23.9 Å². The van der Waals surface area contributed by atoms with E-state index in [0.29, 0.717) is 26.9 Å². The predicted molar refractivity (Wildman–Crippen MR) is 105 cm³/mol. The number of methoxy groups -OCH3 is 1. The van der Waals surface area contributed by atoms with Crippen molar-refractivity contribution in [3.63, 3.8) is 0 Å². The molecule has 0 spiro atoms. The van der Waals surface area contributed by atoms with E-state index < -0.39 is 5.97 Å². The van der Waals surface area contributed by atoms with Crippen molar-refractivity contribution in [3.05, 3.63) is 40.3 Å². The summed E-state index contributed by atoms with van der Waals surface area (Å²) >= 11 is 1.07. The van der Waals surface area contributed by atoms with Gasteiger partial charge >= 0.3 is 5.97 Å². The van der Waals surface area contributed by atoms with E-state index in [-0.39, 0.29) is 30.4 Å². The first kappa shape index (κ1) is 20.4. The number of thiophene rings is 1. The van der Waals surface area contributed by atoms with Gasteiger partial charge in [0.05, 0.1) is 36.4 Å². The number of anilines is 2. The Kier molecular flexibility index (Phi) is 6.95. The van der Waals surface area contributed by atoms with Gasteiger partial charge < -0.3 is 20.1 Å². The van der Waals surface area contributed by atoms with E-state index in [1.807, 2.05) is 12.1 Å². The van der Waals surface area contributed by atoms with Crippen LogP contribution < -0.4 is 15.4 Å². The number of hydrogen-bond acceptors (Lipinski definition) is 7. The van der Waals surface area contributed by atoms with Crippen LogP contribution in [0.2, 0.25) is 0 Å². The summed E-state index contributed by atoms with van der Waals surface area (Å²) in [5.41, 5.74) is 1.41. The van der Waals surface area contributed by atoms with E-state index in [1.54, 1.807) is 33.1 Å². The van der Waals surface area contributed by atoms with Gasteiger partial charge in [-0.2, -0.15) is 0 Å². The van der Waals surface area contributed by atoms with E-state index in [0.717, 1.165) is 11.3 Å². The van der Waals surface area contributed by atoms with Crippen molar-refractivity contribution in [2.24, 2.45) is 0 Å². The average molecular weight is 390 g/mol. The molecule has 144 valence electrons. The summed E-state index contributed by atoms with van der Waals surface area (Å²) in [7, 11) is 1.55. The van der Waals surface area contributed by atoms with Gasteiger partial charge in [0.1, 0.15) is 10.8 Å². The highest BCUT2D eigenvalue weighted by atomic mass is 32.1. The Morgan fingerprint density at radius 1 is 1.19 bits per heavy atom. The van der Waals surface area contributed by atoms with Crippen LogP contribution in [-0.4, -0.2) is 37.9 Å². The molecule has 1 amide bonds. The van der Waals surface area contributed by atoms with Crippen molar-refractivity contribution in [3.8, 4) is 5.75 Å². The lowest BCUT2D eigenvalue weighted by molar-refractivity contribution is -0.114. The molecule has 0 aliphatic heterocycles. The summed E-state index contributed by atoms with van der Waals surface area (Å²) in [5.74, 6) is -0.478. The fraction of sp³-hybridized carbons (Fsp3) is 0.316. The average Bonchev–Trinajstić information content (AvgIpc) is 2.96. The van der Waals surface area contributed by atoms with Crippen molar-refractivity contribution >= 4 is 39.7 Å². The number of carbonyl (C=O) groups excluding carboxylic acids is 3. The van der Waals surface area contributed by atoms with Crippen LogP contribution in [-0.2, 0) is 9.53 Å². The van der Waals surface area contributed by atoms with Crippen LogP contribution in [0.25, 0.3) is 0 Å². The molecule has 0 aliphatic rings. The first-order valence-corrected chi connectivity index (χ1v) is 9.18. The third kappa shape index (κ3) is 4.85. The lowest BCUT2D eigenvalue weighted by atomic mass is 10.1. The van der Waals surface area contributed by atoms with Gasteiger partial charge in [0, 0.05) is 0 Å². The fourth-order valence-electron chi connectivity index (χ4n) is 2.52. The molecular weight excluding hydrogens is 368 g/mol. The van der Waals surface area contributed by atoms with Crippen molar-refractivity contribution in [2.75, 3.05) is 30.9 Å². The molecule has 2 rings (SSSR count). The van der Waals surface area contributed by atoms with E-state index in [2.05, 4.69) is 10.6 Å². The summed E-state index contributed by atoms with van der Waals surface area (Å²) in [6.07, 6.45) is 0. The maximum atomic E-state index is 12.4. The highest BCUT2D eigenvalue weighted by molar-refractivity contribution is 7.18. The summed E-state index contributed by atoms with van der Waals surface area (Å²) in [5, 5.41) is 5.99. The smallest absolute Gasteiger partial charge is 0.341 e. The molecule has 27 heavy (non-hydrogen) atoms. The molecule has 0 unspecified atom stereocenters. The van der Waals surface area contributed by atoms with Gasteiger partial charge in [-0.15, -0.1) is 11.3 Å². The number of nitrogens with one attached hydrogen (secondary N) is 2. The quantitative estimate of drug-likeness (QED) is 0.529. The Balaban J connectivity index is 2.18. The number of esters is 1. The number of benzene rings is 1. The molecule has 2 aromatic rings. The number of ether oxygens (including phenoxy) is 2. The van der Waals surface area contributed by atoms with Crippen molar-refractivity contribution in [1.82, 2.24) is 0 Å². The molecule has 0 bridgehead atoms. The van der Waals surface area contributed by atoms with Gasteiger partial charge in [0.15, 0.2) is 5.78 Å². The van der Waals surface area contributed by atoms with Crippen LogP contribution >= 0.6 is 11.3 Å². The Morgan fingerprint density at radius 2 is 1.89 bits per heavy atom. The number of amides is 1. The van der Waals surface area contributed by atoms with Crippen LogP contribution in [0.4, 0.5) is 10.7 Å². The first-order valence-electron chi connectivity index (χ1n) is 8.37. The summed E-state index contributed by atoms with van der Waals surface area (Å²) in [6, 6.07) is 7.22. The lowest BCUT2D eigenvalue weighted by Gasteiger charge is -2.11. The lowest BCUT2D eigenvalue weighted by Crippen LogP contribution is -2.22. The number of carbonyl (C=O) groups is 3. The molecule has 0 fully saturated rings. The summed E-state index contributed by atoms with van der Waals surface area (Å²) < 4.78 is 10.3. The van der Waals surface area contributed by atoms with Gasteiger partial charge in [-0.05, 0) is 38.5 Å². The third-order valence-corrected chi connectivity index (χ3v) is 5.05. The first-order chi connectivity index (χ1) is 12.9. The molecule has 0 radical (unpaired) electrons. The number of Topliss-reactive ketones (excluding diaryl/α,β-unsaturated/α-hetero) is 1. The molecule has 1 heterocycles. The standard InChI is InChI=1S/C19H22N2O5S/c1-5-26-19(24)16-11(2)17(12(3)22)27-18(16)21-15(23)10-20-13-8-6-7-9-14(13)25-4/h6-9,20H,5,10H2,1-4H3,(H,21,23). The maximum Gasteiger partial charge on any atom is 0.341 e. The summed E-state index contributed by atoms with van der Waals surface area (Å²) in [6.45, 7) is 4.95. The molecule has 1 aromatic heterocycles. The molecular formula is C19H22N2O5S. The monoisotopic (exact) mass is 390 g/mol. The minimum atomic E-state index is -0.563. The zero-order chi connectivity index (χ0) is 20.0. The minimum Gasteiger partial charge on any atom is -0.495 e. The molecule has 0 saturated carbocycles. The van der Waals surface area contributed by atoms with Crippen LogP contribution in [0.1, 0.15) is 39.4 Å². The number of para-hydroxylation sites is 2. The van der Waals surface area contributed by atoms with Crippen molar-refractivity contribution in [2.45, 2.75) is 20.8 Å². The van der Waals surface area contributed by atoms with E-state index in [1.165, 1.54) is 6.92 Å². The van der Waals surface area contributed by atoms with Crippen LogP contribution in [0.3, 0.4) is 0 Å². The SMILES string of the molecule is CCOC(=O)c1c(NC(=O)CNc2ccccc2OC)sc(C(C)=O)c1C. The zero-order valence-electron chi connectivity index (χ0n) is 15.7. The molecule has 8 heteroatoms. The number of ketones is 1. The molecule has 0 aliphatic carbocycles. The Labute approximate surface area is 161 Å². The third-order valence-electron chi connectivity index (χ3n) is 3.75. The summed E-state index contributed by atoms with van der Waals surface area (Å²) in [4.78, 5) is 36.8. The normalized spacial score (nSPS) is 10.2. The van der Waals surface area contributed by atoms with Crippen molar-refractivity contribution in [1.29, 1.82) is 0 Å². The highest BCUT2D eigenvalue weighted by Gasteiger charge is 2.25. The second kappa shape index (κ2) is 9.18. The Hall–Kier alpha value is -2.87. The van der Waals surface area contributed by atoms with Crippen LogP contribution in [0, 0.1) is 6.92 Å². The van der Waals surface area contributed by atoms with E-state index >= 15 is 0 Å². The van der Waals surface area contributed by atoms with Gasteiger partial charge in [0.25, 0.3) is 0 Å². The maximum absolute atomic E-state index is 12.4. The zero-order valence-corrected chi connectivity index (χ0v) is 16.5. The second-order valence-corrected chi connectivity index (χ2v) is 6.66. The van der Waals surface area contributed by atoms with Gasteiger partial charge in [-0.3, -0.25) is 9.59 Å². The number of rotatable bonds is 8. The van der Waals surface area contributed by atoms with Gasteiger partial charge in [-0.1, -0.05) is 12.1 Å². The van der Waals surface area contributed by atoms with Gasteiger partial charge in [-0.25, -0.2) is 4.79 Å². The molecule has 0 saturated heterocycles. The Morgan fingerprint density at radius 3 is 2.52 bits per heavy atom. The van der Waals surface area contributed by atoms with E-state index in [4.69, 9.17) is 9.47 Å². The van der Waals surface area contributed by atoms with Crippen LogP contribution in [0.5, 0.6) is 5.75 Å². The highest BCUT2D eigenvalue weighted by Crippen LogP contribution is 2.34. The van der Waals surface area contributed by atoms with Gasteiger partial charge in [0.2, 0.25) is 5.91 Å². The molecule has 1 aromatic carbocycles. The molecule has 0 atom stereocenters. The number of hydrogen-bond donors (Lipinski definition) is 2. The molecule has 2 N–H and O–H groups in total. The molecule has 7 nitrogen and oxygen atoms in total. The Bertz CT molecular complexity index is 860. The fourth-order valence-corrected chi connectivity index (χ4v) is 3.63. The minimum absolute atomic E-state index is 0.0327. The topological polar surface area (TPSA) is 93.7 Å². The van der Waals surface area contributed by atoms with E-state index in [9.17, 15) is 14.4 Å².